The number of esters is 1. The third-order valence-electron chi connectivity index (χ3n) is 6.10. The van der Waals surface area contributed by atoms with Crippen LogP contribution in [0.2, 0.25) is 0 Å². The largest absolute Gasteiger partial charge is 0.456 e. The highest BCUT2D eigenvalue weighted by atomic mass is 16.5. The summed E-state index contributed by atoms with van der Waals surface area (Å²) < 4.78 is 5.36. The SMILES string of the molecule is CCCCCCCc1ccc(C(=O)COC(=O)[C@@H](Cc2ccccc2)NC(=O)c2ccccc2)cc1. The summed E-state index contributed by atoms with van der Waals surface area (Å²) in [5.41, 5.74) is 3.03. The van der Waals surface area contributed by atoms with Crippen molar-refractivity contribution >= 4 is 17.7 Å². The van der Waals surface area contributed by atoms with E-state index < -0.39 is 12.0 Å². The number of Topliss-reactive ketones (excluding diaryl/α,β-unsaturated/α-hetero) is 1. The lowest BCUT2D eigenvalue weighted by Gasteiger charge is -2.18. The van der Waals surface area contributed by atoms with Gasteiger partial charge in [-0.25, -0.2) is 4.79 Å². The molecule has 0 saturated heterocycles. The Morgan fingerprint density at radius 1 is 0.722 bits per heavy atom. The van der Waals surface area contributed by atoms with Gasteiger partial charge in [0.1, 0.15) is 6.04 Å². The lowest BCUT2D eigenvalue weighted by atomic mass is 10.0. The fourth-order valence-electron chi connectivity index (χ4n) is 3.98. The Bertz CT molecular complexity index is 1090. The van der Waals surface area contributed by atoms with E-state index in [0.717, 1.165) is 18.4 Å². The summed E-state index contributed by atoms with van der Waals surface area (Å²) in [6.45, 7) is 1.83. The maximum Gasteiger partial charge on any atom is 0.329 e. The smallest absolute Gasteiger partial charge is 0.329 e. The summed E-state index contributed by atoms with van der Waals surface area (Å²) in [7, 11) is 0. The molecule has 0 heterocycles. The minimum Gasteiger partial charge on any atom is -0.456 e. The van der Waals surface area contributed by atoms with Gasteiger partial charge in [0.2, 0.25) is 0 Å². The second-order valence-electron chi connectivity index (χ2n) is 8.97. The van der Waals surface area contributed by atoms with Crippen LogP contribution in [-0.2, 0) is 22.4 Å². The van der Waals surface area contributed by atoms with Crippen LogP contribution in [0.1, 0.15) is 70.9 Å². The van der Waals surface area contributed by atoms with E-state index >= 15 is 0 Å². The first-order chi connectivity index (χ1) is 17.6. The highest BCUT2D eigenvalue weighted by Crippen LogP contribution is 2.12. The van der Waals surface area contributed by atoms with Crippen molar-refractivity contribution in [2.45, 2.75) is 57.9 Å². The molecule has 3 rings (SSSR count). The Kier molecular flexibility index (Phi) is 10.9. The van der Waals surface area contributed by atoms with Gasteiger partial charge in [-0.3, -0.25) is 9.59 Å². The standard InChI is InChI=1S/C31H35NO4/c1-2-3-4-5-8-13-24-18-20-26(21-19-24)29(33)23-36-31(35)28(22-25-14-9-6-10-15-25)32-30(34)27-16-11-7-12-17-27/h6-7,9-12,14-21,28H,2-5,8,13,22-23H2,1H3,(H,32,34)/t28-/m1/s1. The quantitative estimate of drug-likeness (QED) is 0.174. The Morgan fingerprint density at radius 2 is 1.36 bits per heavy atom. The highest BCUT2D eigenvalue weighted by molar-refractivity contribution is 5.99. The van der Waals surface area contributed by atoms with E-state index in [9.17, 15) is 14.4 Å². The third-order valence-corrected chi connectivity index (χ3v) is 6.10. The van der Waals surface area contributed by atoms with E-state index in [4.69, 9.17) is 4.74 Å². The third kappa shape index (κ3) is 8.81. The summed E-state index contributed by atoms with van der Waals surface area (Å²) in [6, 6.07) is 24.7. The van der Waals surface area contributed by atoms with Gasteiger partial charge in [-0.15, -0.1) is 0 Å². The van der Waals surface area contributed by atoms with E-state index in [0.29, 0.717) is 11.1 Å². The zero-order valence-electron chi connectivity index (χ0n) is 21.0. The van der Waals surface area contributed by atoms with Crippen molar-refractivity contribution in [3.63, 3.8) is 0 Å². The van der Waals surface area contributed by atoms with E-state index in [1.54, 1.807) is 36.4 Å². The van der Waals surface area contributed by atoms with Gasteiger partial charge in [-0.1, -0.05) is 105 Å². The number of ketones is 1. The lowest BCUT2D eigenvalue weighted by Crippen LogP contribution is -2.43. The van der Waals surface area contributed by atoms with Crippen LogP contribution >= 0.6 is 0 Å². The average Bonchev–Trinajstić information content (AvgIpc) is 2.92. The van der Waals surface area contributed by atoms with E-state index in [1.165, 1.54) is 31.2 Å². The van der Waals surface area contributed by atoms with Crippen LogP contribution in [0.25, 0.3) is 0 Å². The molecule has 1 N–H and O–H groups in total. The van der Waals surface area contributed by atoms with Crippen molar-refractivity contribution in [1.29, 1.82) is 0 Å². The molecule has 0 bridgehead atoms. The number of aryl methyl sites for hydroxylation is 1. The molecule has 0 aliphatic heterocycles. The molecule has 3 aromatic rings. The molecule has 1 atom stereocenters. The van der Waals surface area contributed by atoms with Crippen molar-refractivity contribution in [2.24, 2.45) is 0 Å². The Labute approximate surface area is 213 Å². The number of hydrogen-bond donors (Lipinski definition) is 1. The van der Waals surface area contributed by atoms with Crippen molar-refractivity contribution < 1.29 is 19.1 Å². The molecule has 0 fully saturated rings. The zero-order valence-corrected chi connectivity index (χ0v) is 21.0. The van der Waals surface area contributed by atoms with E-state index in [2.05, 4.69) is 12.2 Å². The summed E-state index contributed by atoms with van der Waals surface area (Å²) in [5, 5.41) is 2.76. The number of ether oxygens (including phenoxy) is 1. The summed E-state index contributed by atoms with van der Waals surface area (Å²) >= 11 is 0. The van der Waals surface area contributed by atoms with E-state index in [-0.39, 0.29) is 24.7 Å². The van der Waals surface area contributed by atoms with Gasteiger partial charge in [0.05, 0.1) is 0 Å². The zero-order chi connectivity index (χ0) is 25.6. The molecule has 0 unspecified atom stereocenters. The van der Waals surface area contributed by atoms with Crippen LogP contribution in [-0.4, -0.2) is 30.3 Å². The second kappa shape index (κ2) is 14.6. The topological polar surface area (TPSA) is 72.5 Å². The number of carbonyl (C=O) groups excluding carboxylic acids is 3. The van der Waals surface area contributed by atoms with Gasteiger partial charge >= 0.3 is 5.97 Å². The molecule has 188 valence electrons. The maximum absolute atomic E-state index is 12.9. The molecule has 5 heteroatoms. The number of nitrogens with one attached hydrogen (secondary N) is 1. The molecular weight excluding hydrogens is 450 g/mol. The molecule has 0 radical (unpaired) electrons. The maximum atomic E-state index is 12.9. The highest BCUT2D eigenvalue weighted by Gasteiger charge is 2.24. The molecule has 0 aliphatic rings. The van der Waals surface area contributed by atoms with Crippen LogP contribution in [0, 0.1) is 0 Å². The Morgan fingerprint density at radius 3 is 2.03 bits per heavy atom. The van der Waals surface area contributed by atoms with Gasteiger partial charge < -0.3 is 10.1 Å². The first-order valence-corrected chi connectivity index (χ1v) is 12.8. The fraction of sp³-hybridized carbons (Fsp3) is 0.323. The van der Waals surface area contributed by atoms with Gasteiger partial charge in [0, 0.05) is 17.5 Å². The summed E-state index contributed by atoms with van der Waals surface area (Å²) in [6.07, 6.45) is 7.38. The molecule has 5 nitrogen and oxygen atoms in total. The van der Waals surface area contributed by atoms with Gasteiger partial charge in [-0.05, 0) is 36.1 Å². The molecule has 0 aliphatic carbocycles. The predicted molar refractivity (Wildman–Crippen MR) is 142 cm³/mol. The van der Waals surface area contributed by atoms with Crippen molar-refractivity contribution in [3.05, 3.63) is 107 Å². The Hall–Kier alpha value is -3.73. The first kappa shape index (κ1) is 26.9. The minimum atomic E-state index is -0.914. The lowest BCUT2D eigenvalue weighted by molar-refractivity contribution is -0.144. The molecule has 3 aromatic carbocycles. The number of rotatable bonds is 14. The first-order valence-electron chi connectivity index (χ1n) is 12.8. The van der Waals surface area contributed by atoms with Gasteiger partial charge in [0.25, 0.3) is 5.91 Å². The molecule has 0 aromatic heterocycles. The average molecular weight is 486 g/mol. The molecule has 36 heavy (non-hydrogen) atoms. The van der Waals surface area contributed by atoms with Gasteiger partial charge in [-0.2, -0.15) is 0 Å². The number of amides is 1. The predicted octanol–water partition coefficient (Wildman–Crippen LogP) is 5.97. The molecule has 0 spiro atoms. The summed E-state index contributed by atoms with van der Waals surface area (Å²) in [4.78, 5) is 38.2. The van der Waals surface area contributed by atoms with Gasteiger partial charge in [0.15, 0.2) is 12.4 Å². The number of unbranched alkanes of at least 4 members (excludes halogenated alkanes) is 4. The van der Waals surface area contributed by atoms with Crippen LogP contribution in [0.4, 0.5) is 0 Å². The number of hydrogen-bond acceptors (Lipinski definition) is 4. The van der Waals surface area contributed by atoms with E-state index in [1.807, 2.05) is 48.5 Å². The van der Waals surface area contributed by atoms with Crippen LogP contribution in [0.5, 0.6) is 0 Å². The van der Waals surface area contributed by atoms with Crippen LogP contribution in [0.3, 0.4) is 0 Å². The number of carbonyl (C=O) groups is 3. The normalized spacial score (nSPS) is 11.5. The Balaban J connectivity index is 1.56. The monoisotopic (exact) mass is 485 g/mol. The van der Waals surface area contributed by atoms with Crippen LogP contribution in [0.15, 0.2) is 84.9 Å². The van der Waals surface area contributed by atoms with Crippen molar-refractivity contribution in [3.8, 4) is 0 Å². The summed E-state index contributed by atoms with van der Waals surface area (Å²) in [5.74, 6) is -1.28. The second-order valence-corrected chi connectivity index (χ2v) is 8.97. The molecular formula is C31H35NO4. The molecule has 1 amide bonds. The van der Waals surface area contributed by atoms with Crippen LogP contribution < -0.4 is 5.32 Å². The molecule has 0 saturated carbocycles. The van der Waals surface area contributed by atoms with Crippen molar-refractivity contribution in [1.82, 2.24) is 5.32 Å². The van der Waals surface area contributed by atoms with Crippen molar-refractivity contribution in [2.75, 3.05) is 6.61 Å². The minimum absolute atomic E-state index is 0.263. The fourth-order valence-corrected chi connectivity index (χ4v) is 3.98. The number of benzene rings is 3.